The van der Waals surface area contributed by atoms with Gasteiger partial charge in [-0.2, -0.15) is 0 Å². The van der Waals surface area contributed by atoms with E-state index in [0.717, 1.165) is 11.3 Å². The van der Waals surface area contributed by atoms with Gasteiger partial charge in [0.2, 0.25) is 0 Å². The second kappa shape index (κ2) is 7.79. The van der Waals surface area contributed by atoms with E-state index in [1.165, 1.54) is 0 Å². The molecule has 4 N–H and O–H groups in total. The Morgan fingerprint density at radius 1 is 1.09 bits per heavy atom. The van der Waals surface area contributed by atoms with Crippen molar-refractivity contribution in [2.45, 2.75) is 12.5 Å². The number of nitrogens with two attached hydrogens (primary N) is 1. The molecular weight excluding hydrogens is 359 g/mol. The first kappa shape index (κ1) is 17.8. The van der Waals surface area contributed by atoms with Crippen molar-refractivity contribution in [3.05, 3.63) is 63.1 Å². The molecule has 0 saturated heterocycles. The number of aliphatic carboxylic acids is 1. The average molecular weight is 373 g/mol. The van der Waals surface area contributed by atoms with Crippen LogP contribution in [0.1, 0.15) is 18.0 Å². The Bertz CT molecular complexity index is 733. The van der Waals surface area contributed by atoms with Gasteiger partial charge in [-0.3, -0.25) is 5.41 Å². The minimum atomic E-state index is -1.24. The molecule has 0 aliphatic rings. The summed E-state index contributed by atoms with van der Waals surface area (Å²) in [4.78, 5) is 11.0. The van der Waals surface area contributed by atoms with Gasteiger partial charge in [-0.25, -0.2) is 4.79 Å². The van der Waals surface area contributed by atoms with Gasteiger partial charge in [-0.15, -0.1) is 0 Å². The summed E-state index contributed by atoms with van der Waals surface area (Å²) in [6, 6.07) is 11.9. The molecule has 0 heterocycles. The molecule has 1 atom stereocenters. The normalized spacial score (nSPS) is 12.0. The van der Waals surface area contributed by atoms with Gasteiger partial charge in [0.1, 0.15) is 22.5 Å². The van der Waals surface area contributed by atoms with Crippen molar-refractivity contribution in [3.8, 4) is 0 Å². The van der Waals surface area contributed by atoms with Crippen molar-refractivity contribution in [1.82, 2.24) is 0 Å². The number of quaternary nitrogens is 1. The fourth-order valence-electron chi connectivity index (χ4n) is 2.14. The first-order valence-corrected chi connectivity index (χ1v) is 7.86. The summed E-state index contributed by atoms with van der Waals surface area (Å²) in [6.07, 6.45) is 0.0515. The van der Waals surface area contributed by atoms with E-state index >= 15 is 0 Å². The number of rotatable bonds is 6. The number of halogens is 3. The highest BCUT2D eigenvalue weighted by atomic mass is 35.5. The van der Waals surface area contributed by atoms with E-state index < -0.39 is 5.97 Å². The maximum atomic E-state index is 11.0. The highest BCUT2D eigenvalue weighted by Gasteiger charge is 2.22. The van der Waals surface area contributed by atoms with Crippen molar-refractivity contribution < 1.29 is 15.2 Å². The van der Waals surface area contributed by atoms with Crippen LogP contribution in [0.25, 0.3) is 0 Å². The summed E-state index contributed by atoms with van der Waals surface area (Å²) in [5.41, 5.74) is 1.21. The standard InChI is InChI=1S/C16H13Cl3N2O2/c17-10-3-1-9(2-4-10)15(8-13(20)16(22)23)21-14-6-5-11(18)7-12(14)19/h1-7,15,20-21H,8H2,(H,22,23)/p+1. The predicted molar refractivity (Wildman–Crippen MR) is 92.2 cm³/mol. The molecule has 0 amide bonds. The number of carbonyl (C=O) groups is 1. The number of carboxylic acids is 1. The third-order valence-corrected chi connectivity index (χ3v) is 4.14. The summed E-state index contributed by atoms with van der Waals surface area (Å²) < 4.78 is 0. The number of hydrogen-bond acceptors (Lipinski definition) is 2. The molecule has 0 aliphatic carbocycles. The van der Waals surface area contributed by atoms with Crippen LogP contribution in [-0.4, -0.2) is 16.8 Å². The molecule has 2 aromatic rings. The van der Waals surface area contributed by atoms with Crippen molar-refractivity contribution in [2.24, 2.45) is 0 Å². The van der Waals surface area contributed by atoms with Crippen LogP contribution >= 0.6 is 34.8 Å². The first-order chi connectivity index (χ1) is 10.9. The van der Waals surface area contributed by atoms with Gasteiger partial charge < -0.3 is 10.4 Å². The Morgan fingerprint density at radius 2 is 1.70 bits per heavy atom. The van der Waals surface area contributed by atoms with Gasteiger partial charge in [0.25, 0.3) is 0 Å². The Hall–Kier alpha value is -1.59. The monoisotopic (exact) mass is 371 g/mol. The van der Waals surface area contributed by atoms with Crippen molar-refractivity contribution in [2.75, 3.05) is 0 Å². The molecular formula is C16H14Cl3N2O2+. The van der Waals surface area contributed by atoms with Gasteiger partial charge in [-0.05, 0) is 24.3 Å². The first-order valence-electron chi connectivity index (χ1n) is 6.73. The lowest BCUT2D eigenvalue weighted by Gasteiger charge is -2.16. The van der Waals surface area contributed by atoms with Crippen LogP contribution < -0.4 is 5.32 Å². The van der Waals surface area contributed by atoms with Crippen molar-refractivity contribution in [3.63, 3.8) is 0 Å². The maximum absolute atomic E-state index is 11.0. The smallest absolute Gasteiger partial charge is 0.349 e. The molecule has 2 rings (SSSR count). The fraction of sp³-hybridized carbons (Fsp3) is 0.125. The predicted octanol–water partition coefficient (Wildman–Crippen LogP) is 4.08. The second-order valence-corrected chi connectivity index (χ2v) is 6.26. The molecule has 0 spiro atoms. The van der Waals surface area contributed by atoms with Crippen LogP contribution in [0.15, 0.2) is 42.5 Å². The zero-order chi connectivity index (χ0) is 17.0. The second-order valence-electron chi connectivity index (χ2n) is 4.98. The summed E-state index contributed by atoms with van der Waals surface area (Å²) in [5, 5.41) is 20.0. The molecule has 0 radical (unpaired) electrons. The van der Waals surface area contributed by atoms with Gasteiger partial charge in [0, 0.05) is 21.7 Å². The quantitative estimate of drug-likeness (QED) is 0.528. The van der Waals surface area contributed by atoms with E-state index in [9.17, 15) is 4.79 Å². The Morgan fingerprint density at radius 3 is 2.26 bits per heavy atom. The van der Waals surface area contributed by atoms with E-state index in [1.807, 2.05) is 17.4 Å². The molecule has 2 aromatic carbocycles. The third kappa shape index (κ3) is 4.94. The van der Waals surface area contributed by atoms with E-state index in [4.69, 9.17) is 45.3 Å². The minimum Gasteiger partial charge on any atom is -0.477 e. The Labute approximate surface area is 148 Å². The zero-order valence-corrected chi connectivity index (χ0v) is 14.2. The number of benzene rings is 2. The number of nitrogens with one attached hydrogen (secondary N) is 1. The maximum Gasteiger partial charge on any atom is 0.349 e. The number of carboxylic acid groups (broad SMARTS) is 1. The van der Waals surface area contributed by atoms with E-state index in [-0.39, 0.29) is 18.2 Å². The SMILES string of the molecule is N=C(CC([NH2+]c1ccc(Cl)cc1Cl)c1ccc(Cl)cc1)C(=O)O. The lowest BCUT2D eigenvalue weighted by Crippen LogP contribution is -2.79. The summed E-state index contributed by atoms with van der Waals surface area (Å²) in [5.74, 6) is -1.24. The lowest BCUT2D eigenvalue weighted by molar-refractivity contribution is -0.616. The van der Waals surface area contributed by atoms with E-state index in [2.05, 4.69) is 0 Å². The largest absolute Gasteiger partial charge is 0.477 e. The van der Waals surface area contributed by atoms with Crippen LogP contribution in [-0.2, 0) is 4.79 Å². The average Bonchev–Trinajstić information content (AvgIpc) is 2.49. The Kier molecular flexibility index (Phi) is 6.02. The van der Waals surface area contributed by atoms with Crippen molar-refractivity contribution in [1.29, 1.82) is 5.41 Å². The molecule has 4 nitrogen and oxygen atoms in total. The molecule has 0 aromatic heterocycles. The highest BCUT2D eigenvalue weighted by molar-refractivity contribution is 6.36. The highest BCUT2D eigenvalue weighted by Crippen LogP contribution is 2.24. The molecule has 0 aliphatic heterocycles. The topological polar surface area (TPSA) is 77.8 Å². The van der Waals surface area contributed by atoms with Crippen LogP contribution in [0.2, 0.25) is 15.1 Å². The molecule has 7 heteroatoms. The molecule has 23 heavy (non-hydrogen) atoms. The lowest BCUT2D eigenvalue weighted by atomic mass is 10.0. The zero-order valence-electron chi connectivity index (χ0n) is 11.9. The van der Waals surface area contributed by atoms with Crippen molar-refractivity contribution >= 4 is 52.2 Å². The third-order valence-electron chi connectivity index (χ3n) is 3.32. The number of hydrogen-bond donors (Lipinski definition) is 3. The molecule has 1 unspecified atom stereocenters. The fourth-order valence-corrected chi connectivity index (χ4v) is 2.74. The summed E-state index contributed by atoms with van der Waals surface area (Å²) in [7, 11) is 0. The van der Waals surface area contributed by atoms with E-state index in [0.29, 0.717) is 15.1 Å². The van der Waals surface area contributed by atoms with Gasteiger partial charge in [0.15, 0.2) is 0 Å². The van der Waals surface area contributed by atoms with Crippen LogP contribution in [0.5, 0.6) is 0 Å². The Balaban J connectivity index is 2.30. The molecule has 0 fully saturated rings. The minimum absolute atomic E-state index is 0.0515. The van der Waals surface area contributed by atoms with Gasteiger partial charge in [-0.1, -0.05) is 46.9 Å². The van der Waals surface area contributed by atoms with Gasteiger partial charge >= 0.3 is 5.97 Å². The van der Waals surface area contributed by atoms with Gasteiger partial charge in [0.05, 0.1) is 6.42 Å². The van der Waals surface area contributed by atoms with Crippen LogP contribution in [0.4, 0.5) is 5.69 Å². The summed E-state index contributed by atoms with van der Waals surface area (Å²) in [6.45, 7) is 0. The van der Waals surface area contributed by atoms with Crippen LogP contribution in [0.3, 0.4) is 0 Å². The summed E-state index contributed by atoms with van der Waals surface area (Å²) >= 11 is 18.0. The van der Waals surface area contributed by atoms with E-state index in [1.54, 1.807) is 30.3 Å². The van der Waals surface area contributed by atoms with Crippen LogP contribution in [0, 0.1) is 5.41 Å². The molecule has 0 bridgehead atoms. The molecule has 0 saturated carbocycles. The molecule has 120 valence electrons.